The molecule has 0 amide bonds. The molecule has 0 radical (unpaired) electrons. The average Bonchev–Trinajstić information content (AvgIpc) is 3.21. The first kappa shape index (κ1) is 27.7. The Morgan fingerprint density at radius 3 is 2.72 bits per heavy atom. The van der Waals surface area contributed by atoms with Gasteiger partial charge in [0.1, 0.15) is 17.7 Å². The van der Waals surface area contributed by atoms with Gasteiger partial charge in [0, 0.05) is 41.6 Å². The van der Waals surface area contributed by atoms with Gasteiger partial charge in [-0.05, 0) is 100 Å². The van der Waals surface area contributed by atoms with Crippen LogP contribution in [-0.4, -0.2) is 56.7 Å². The highest BCUT2D eigenvalue weighted by atomic mass is 19.3. The van der Waals surface area contributed by atoms with E-state index >= 15 is 0 Å². The van der Waals surface area contributed by atoms with E-state index < -0.39 is 11.3 Å². The number of nitrogen functional groups attached to an aromatic ring is 1. The normalized spacial score (nSPS) is 37.0. The number of nitrogens with zero attached hydrogens (tertiary/aromatic N) is 4. The standard InChI is InChI=1S/C34H42F2N6O/c1-20-7-11-31(29-21(20)3-4-24(38)23(29)16-37)12-8-22-26(15-31)39-28(41-30(22)40-25-5-6-27(25)43)9-13-33-10-2-14-42(33)19-32(17-33)18-34(32,35)36/h3-4,20,25,27,43H,2,5-15,17-19,38H2,1H3,(H,39,40,41). The summed E-state index contributed by atoms with van der Waals surface area (Å²) in [7, 11) is 0. The van der Waals surface area contributed by atoms with Gasteiger partial charge in [0.2, 0.25) is 0 Å². The molecule has 228 valence electrons. The first-order valence-electron chi connectivity index (χ1n) is 16.4. The Kier molecular flexibility index (Phi) is 6.02. The fourth-order valence-corrected chi connectivity index (χ4v) is 9.71. The molecular weight excluding hydrogens is 546 g/mol. The topological polar surface area (TPSA) is 111 Å². The minimum absolute atomic E-state index is 0.0142. The summed E-state index contributed by atoms with van der Waals surface area (Å²) in [5.41, 5.74) is 10.8. The van der Waals surface area contributed by atoms with Crippen LogP contribution in [0.1, 0.15) is 111 Å². The van der Waals surface area contributed by atoms with Gasteiger partial charge >= 0.3 is 0 Å². The number of aryl methyl sites for hydroxylation is 1. The maximum atomic E-state index is 14.4. The van der Waals surface area contributed by atoms with Crippen molar-refractivity contribution >= 4 is 11.5 Å². The van der Waals surface area contributed by atoms with Crippen molar-refractivity contribution in [2.45, 2.75) is 125 Å². The number of nitriles is 1. The molecule has 4 fully saturated rings. The molecule has 2 saturated carbocycles. The second kappa shape index (κ2) is 9.34. The van der Waals surface area contributed by atoms with Crippen molar-refractivity contribution in [1.29, 1.82) is 5.26 Å². The van der Waals surface area contributed by atoms with Crippen molar-refractivity contribution in [2.24, 2.45) is 5.41 Å². The maximum Gasteiger partial charge on any atom is 0.255 e. The van der Waals surface area contributed by atoms with Gasteiger partial charge in [-0.2, -0.15) is 5.26 Å². The number of fused-ring (bicyclic) bond motifs is 4. The van der Waals surface area contributed by atoms with Crippen molar-refractivity contribution in [1.82, 2.24) is 14.9 Å². The smallest absolute Gasteiger partial charge is 0.255 e. The van der Waals surface area contributed by atoms with Crippen LogP contribution in [0.5, 0.6) is 0 Å². The monoisotopic (exact) mass is 588 g/mol. The molecule has 4 N–H and O–H groups in total. The molecule has 2 aromatic rings. The lowest BCUT2D eigenvalue weighted by atomic mass is 9.59. The summed E-state index contributed by atoms with van der Waals surface area (Å²) in [6.07, 6.45) is 9.84. The third kappa shape index (κ3) is 4.08. The van der Waals surface area contributed by atoms with E-state index in [0.29, 0.717) is 36.6 Å². The van der Waals surface area contributed by atoms with E-state index in [-0.39, 0.29) is 29.5 Å². The molecule has 6 unspecified atom stereocenters. The first-order chi connectivity index (χ1) is 20.6. The largest absolute Gasteiger partial charge is 0.398 e. The lowest BCUT2D eigenvalue weighted by Gasteiger charge is -2.45. The van der Waals surface area contributed by atoms with E-state index in [2.05, 4.69) is 29.3 Å². The van der Waals surface area contributed by atoms with Gasteiger partial charge in [0.15, 0.2) is 0 Å². The summed E-state index contributed by atoms with van der Waals surface area (Å²) >= 11 is 0. The molecule has 0 bridgehead atoms. The number of anilines is 2. The van der Waals surface area contributed by atoms with Crippen LogP contribution in [-0.2, 0) is 24.7 Å². The van der Waals surface area contributed by atoms with E-state index in [0.717, 1.165) is 99.2 Å². The number of nitrogens with two attached hydrogens (primary N) is 1. The Bertz CT molecular complexity index is 1540. The number of aliphatic hydroxyl groups is 1. The number of nitrogens with one attached hydrogen (secondary N) is 1. The van der Waals surface area contributed by atoms with Gasteiger partial charge in [0.05, 0.1) is 28.8 Å². The van der Waals surface area contributed by atoms with Crippen molar-refractivity contribution in [3.05, 3.63) is 45.9 Å². The Morgan fingerprint density at radius 1 is 1.16 bits per heavy atom. The van der Waals surface area contributed by atoms with Crippen LogP contribution in [0.2, 0.25) is 0 Å². The van der Waals surface area contributed by atoms with Gasteiger partial charge in [-0.3, -0.25) is 4.90 Å². The number of rotatable bonds is 5. The van der Waals surface area contributed by atoms with Gasteiger partial charge in [-0.1, -0.05) is 13.0 Å². The van der Waals surface area contributed by atoms with Crippen LogP contribution in [0, 0.1) is 16.7 Å². The Morgan fingerprint density at radius 2 is 2.00 bits per heavy atom. The van der Waals surface area contributed by atoms with Crippen molar-refractivity contribution in [3.63, 3.8) is 0 Å². The fourth-order valence-electron chi connectivity index (χ4n) is 9.71. The second-order valence-electron chi connectivity index (χ2n) is 14.9. The Balaban J connectivity index is 1.14. The summed E-state index contributed by atoms with van der Waals surface area (Å²) in [6.45, 7) is 3.66. The van der Waals surface area contributed by atoms with Gasteiger partial charge < -0.3 is 16.2 Å². The molecule has 3 heterocycles. The molecule has 2 spiro atoms. The third-order valence-electron chi connectivity index (χ3n) is 12.5. The van der Waals surface area contributed by atoms with Crippen LogP contribution in [0.4, 0.5) is 20.3 Å². The number of aliphatic hydroxyl groups excluding tert-OH is 1. The molecule has 6 aliphatic rings. The van der Waals surface area contributed by atoms with Crippen LogP contribution in [0.15, 0.2) is 12.1 Å². The summed E-state index contributed by atoms with van der Waals surface area (Å²) in [4.78, 5) is 12.6. The lowest BCUT2D eigenvalue weighted by Crippen LogP contribution is -2.44. The Hall–Kier alpha value is -2.83. The maximum absolute atomic E-state index is 14.4. The van der Waals surface area contributed by atoms with Crippen LogP contribution < -0.4 is 11.1 Å². The predicted octanol–water partition coefficient (Wildman–Crippen LogP) is 5.39. The Labute approximate surface area is 252 Å². The summed E-state index contributed by atoms with van der Waals surface area (Å²) in [6, 6.07) is 6.43. The van der Waals surface area contributed by atoms with Gasteiger partial charge in [-0.25, -0.2) is 18.7 Å². The SMILES string of the molecule is CC1CCC2(CCc3c(nc(CCC45CCCN4CC4(C5)CC4(F)F)nc3NC3CCC3O)C2)c2c1ccc(N)c2C#N. The van der Waals surface area contributed by atoms with Crippen LogP contribution in [0.25, 0.3) is 0 Å². The number of hydrogen-bond donors (Lipinski definition) is 3. The molecular formula is C34H42F2N6O. The van der Waals surface area contributed by atoms with E-state index in [4.69, 9.17) is 15.7 Å². The number of benzene rings is 1. The number of aromatic nitrogens is 2. The minimum Gasteiger partial charge on any atom is -0.398 e. The fraction of sp³-hybridized carbons (Fsp3) is 0.676. The molecule has 43 heavy (non-hydrogen) atoms. The molecule has 1 aromatic heterocycles. The summed E-state index contributed by atoms with van der Waals surface area (Å²) < 4.78 is 28.9. The zero-order valence-electron chi connectivity index (χ0n) is 25.1. The van der Waals surface area contributed by atoms with Crippen LogP contribution >= 0.6 is 0 Å². The lowest BCUT2D eigenvalue weighted by molar-refractivity contribution is 0.0655. The third-order valence-corrected chi connectivity index (χ3v) is 12.5. The molecule has 9 heteroatoms. The number of halogens is 2. The quantitative estimate of drug-likeness (QED) is 0.402. The zero-order valence-corrected chi connectivity index (χ0v) is 25.1. The first-order valence-corrected chi connectivity index (χ1v) is 16.4. The highest BCUT2D eigenvalue weighted by Gasteiger charge is 2.76. The molecule has 1 aromatic carbocycles. The zero-order chi connectivity index (χ0) is 29.8. The molecule has 4 aliphatic carbocycles. The number of hydrogen-bond acceptors (Lipinski definition) is 7. The second-order valence-corrected chi connectivity index (χ2v) is 14.9. The molecule has 2 aliphatic heterocycles. The van der Waals surface area contributed by atoms with E-state index in [1.165, 1.54) is 5.56 Å². The summed E-state index contributed by atoms with van der Waals surface area (Å²) in [5, 5.41) is 24.2. The van der Waals surface area contributed by atoms with E-state index in [9.17, 15) is 19.1 Å². The summed E-state index contributed by atoms with van der Waals surface area (Å²) in [5.74, 6) is -0.570. The molecule has 6 atom stereocenters. The van der Waals surface area contributed by atoms with Crippen molar-refractivity contribution in [2.75, 3.05) is 24.1 Å². The number of alkyl halides is 2. The average molecular weight is 589 g/mol. The van der Waals surface area contributed by atoms with Gasteiger partial charge in [-0.15, -0.1) is 0 Å². The van der Waals surface area contributed by atoms with E-state index in [1.807, 2.05) is 6.07 Å². The van der Waals surface area contributed by atoms with Crippen molar-refractivity contribution < 1.29 is 13.9 Å². The van der Waals surface area contributed by atoms with Crippen LogP contribution in [0.3, 0.4) is 0 Å². The van der Waals surface area contributed by atoms with Gasteiger partial charge in [0.25, 0.3) is 5.92 Å². The molecule has 2 saturated heterocycles. The van der Waals surface area contributed by atoms with Crippen molar-refractivity contribution in [3.8, 4) is 6.07 Å². The molecule has 7 nitrogen and oxygen atoms in total. The van der Waals surface area contributed by atoms with E-state index in [1.54, 1.807) is 0 Å². The highest BCUT2D eigenvalue weighted by molar-refractivity contribution is 5.65. The molecule has 8 rings (SSSR count). The predicted molar refractivity (Wildman–Crippen MR) is 160 cm³/mol. The minimum atomic E-state index is -2.53. The highest BCUT2D eigenvalue weighted by Crippen LogP contribution is 2.70.